The molecule has 2 nitrogen and oxygen atoms in total. The zero-order valence-electron chi connectivity index (χ0n) is 14.4. The predicted molar refractivity (Wildman–Crippen MR) is 94.7 cm³/mol. The fraction of sp³-hybridized carbons (Fsp3) is 0.400. The molecule has 0 aliphatic heterocycles. The van der Waals surface area contributed by atoms with Crippen molar-refractivity contribution in [2.24, 2.45) is 0 Å². The number of rotatable bonds is 2. The van der Waals surface area contributed by atoms with Crippen LogP contribution < -0.4 is 0 Å². The van der Waals surface area contributed by atoms with E-state index in [2.05, 4.69) is 65.8 Å². The maximum absolute atomic E-state index is 4.94. The Morgan fingerprint density at radius 1 is 0.636 bits per heavy atom. The van der Waals surface area contributed by atoms with Crippen LogP contribution in [0.1, 0.15) is 62.0 Å². The topological polar surface area (TPSA) is 25.8 Å². The molecule has 0 unspecified atom stereocenters. The molecule has 0 spiro atoms. The van der Waals surface area contributed by atoms with Gasteiger partial charge in [-0.05, 0) is 48.9 Å². The van der Waals surface area contributed by atoms with Crippen LogP contribution in [0.25, 0.3) is 21.8 Å². The molecule has 114 valence electrons. The molecular weight excluding hydrogens is 268 g/mol. The minimum Gasteiger partial charge on any atom is -0.250 e. The van der Waals surface area contributed by atoms with E-state index in [0.717, 1.165) is 22.4 Å². The highest BCUT2D eigenvalue weighted by Gasteiger charge is 2.14. The molecule has 1 aromatic carbocycles. The lowest BCUT2D eigenvalue weighted by molar-refractivity contribution is 0.826. The summed E-state index contributed by atoms with van der Waals surface area (Å²) in [5, 5.41) is 2.45. The number of benzene rings is 1. The Hall–Kier alpha value is -1.96. The van der Waals surface area contributed by atoms with Crippen molar-refractivity contribution in [3.63, 3.8) is 0 Å². The first kappa shape index (κ1) is 15.0. The molecule has 0 N–H and O–H groups in total. The summed E-state index contributed by atoms with van der Waals surface area (Å²) >= 11 is 0. The molecule has 0 fully saturated rings. The van der Waals surface area contributed by atoms with Crippen molar-refractivity contribution in [3.05, 3.63) is 46.8 Å². The van der Waals surface area contributed by atoms with Gasteiger partial charge in [0, 0.05) is 22.2 Å². The van der Waals surface area contributed by atoms with Gasteiger partial charge in [0.2, 0.25) is 0 Å². The quantitative estimate of drug-likeness (QED) is 0.571. The molecule has 0 atom stereocenters. The van der Waals surface area contributed by atoms with Crippen LogP contribution in [-0.2, 0) is 0 Å². The summed E-state index contributed by atoms with van der Waals surface area (Å²) in [6.07, 6.45) is 0. The van der Waals surface area contributed by atoms with Crippen LogP contribution in [0.5, 0.6) is 0 Å². The highest BCUT2D eigenvalue weighted by molar-refractivity contribution is 6.06. The SMILES string of the molecule is Cc1c(C)c2ccc(C(C)C)nc2c2nc(C(C)C)ccc12. The minimum absolute atomic E-state index is 0.425. The predicted octanol–water partition coefficient (Wildman–Crippen LogP) is 5.65. The standard InChI is InChI=1S/C20H24N2/c1-11(2)17-9-7-15-13(5)14(6)16-8-10-18(12(3)4)22-20(16)19(15)21-17/h7-12H,1-6H3. The van der Waals surface area contributed by atoms with Gasteiger partial charge in [-0.15, -0.1) is 0 Å². The molecule has 0 saturated carbocycles. The third-order valence-electron chi connectivity index (χ3n) is 4.61. The van der Waals surface area contributed by atoms with E-state index in [-0.39, 0.29) is 0 Å². The average molecular weight is 292 g/mol. The van der Waals surface area contributed by atoms with E-state index in [9.17, 15) is 0 Å². The van der Waals surface area contributed by atoms with E-state index in [1.807, 2.05) is 0 Å². The normalized spacial score (nSPS) is 12.0. The van der Waals surface area contributed by atoms with E-state index in [4.69, 9.17) is 9.97 Å². The summed E-state index contributed by atoms with van der Waals surface area (Å²) in [5.74, 6) is 0.851. The number of hydrogen-bond donors (Lipinski definition) is 0. The molecule has 0 amide bonds. The minimum atomic E-state index is 0.425. The first-order chi connectivity index (χ1) is 10.4. The van der Waals surface area contributed by atoms with Crippen molar-refractivity contribution in [1.29, 1.82) is 0 Å². The van der Waals surface area contributed by atoms with Crippen LogP contribution in [-0.4, -0.2) is 9.97 Å². The van der Waals surface area contributed by atoms with Crippen molar-refractivity contribution in [3.8, 4) is 0 Å². The zero-order valence-corrected chi connectivity index (χ0v) is 14.4. The van der Waals surface area contributed by atoms with E-state index >= 15 is 0 Å². The summed E-state index contributed by atoms with van der Waals surface area (Å²) in [6, 6.07) is 8.72. The maximum atomic E-state index is 4.94. The number of pyridine rings is 2. The van der Waals surface area contributed by atoms with E-state index in [0.29, 0.717) is 11.8 Å². The van der Waals surface area contributed by atoms with Gasteiger partial charge in [-0.2, -0.15) is 0 Å². The van der Waals surface area contributed by atoms with Gasteiger partial charge in [0.25, 0.3) is 0 Å². The van der Waals surface area contributed by atoms with Crippen molar-refractivity contribution in [2.75, 3.05) is 0 Å². The molecule has 3 aromatic rings. The van der Waals surface area contributed by atoms with Crippen molar-refractivity contribution in [2.45, 2.75) is 53.4 Å². The molecule has 0 saturated heterocycles. The first-order valence-electron chi connectivity index (χ1n) is 8.10. The van der Waals surface area contributed by atoms with E-state index < -0.39 is 0 Å². The van der Waals surface area contributed by atoms with E-state index in [1.165, 1.54) is 21.9 Å². The Bertz CT molecular complexity index is 788. The largest absolute Gasteiger partial charge is 0.250 e. The summed E-state index contributed by atoms with van der Waals surface area (Å²) in [4.78, 5) is 9.89. The molecule has 2 aromatic heterocycles. The first-order valence-corrected chi connectivity index (χ1v) is 8.10. The number of aryl methyl sites for hydroxylation is 2. The number of fused-ring (bicyclic) bond motifs is 3. The smallest absolute Gasteiger partial charge is 0.0970 e. The zero-order chi connectivity index (χ0) is 16.0. The maximum Gasteiger partial charge on any atom is 0.0970 e. The Balaban J connectivity index is 2.48. The highest BCUT2D eigenvalue weighted by atomic mass is 14.8. The van der Waals surface area contributed by atoms with Crippen LogP contribution in [0.3, 0.4) is 0 Å². The molecule has 2 heterocycles. The Morgan fingerprint density at radius 3 is 1.32 bits per heavy atom. The lowest BCUT2D eigenvalue weighted by atomic mass is 9.96. The van der Waals surface area contributed by atoms with E-state index in [1.54, 1.807) is 0 Å². The summed E-state index contributed by atoms with van der Waals surface area (Å²) in [6.45, 7) is 13.1. The van der Waals surface area contributed by atoms with Crippen LogP contribution in [0, 0.1) is 13.8 Å². The van der Waals surface area contributed by atoms with Gasteiger partial charge in [-0.25, -0.2) is 0 Å². The molecule has 0 aliphatic carbocycles. The van der Waals surface area contributed by atoms with Gasteiger partial charge >= 0.3 is 0 Å². The fourth-order valence-electron chi connectivity index (χ4n) is 2.96. The highest BCUT2D eigenvalue weighted by Crippen LogP contribution is 2.32. The van der Waals surface area contributed by atoms with Crippen molar-refractivity contribution < 1.29 is 0 Å². The van der Waals surface area contributed by atoms with Gasteiger partial charge < -0.3 is 0 Å². The van der Waals surface area contributed by atoms with Crippen LogP contribution in [0.15, 0.2) is 24.3 Å². The third-order valence-corrected chi connectivity index (χ3v) is 4.61. The lowest BCUT2D eigenvalue weighted by Crippen LogP contribution is -1.99. The summed E-state index contributed by atoms with van der Waals surface area (Å²) < 4.78 is 0. The molecule has 22 heavy (non-hydrogen) atoms. The van der Waals surface area contributed by atoms with Crippen molar-refractivity contribution in [1.82, 2.24) is 9.97 Å². The lowest BCUT2D eigenvalue weighted by Gasteiger charge is -2.14. The van der Waals surface area contributed by atoms with Crippen molar-refractivity contribution >= 4 is 21.8 Å². The second-order valence-electron chi connectivity index (χ2n) is 6.82. The summed E-state index contributed by atoms with van der Waals surface area (Å²) in [7, 11) is 0. The molecule has 0 radical (unpaired) electrons. The monoisotopic (exact) mass is 292 g/mol. The van der Waals surface area contributed by atoms with Crippen LogP contribution in [0.4, 0.5) is 0 Å². The molecule has 0 aliphatic rings. The van der Waals surface area contributed by atoms with Gasteiger partial charge in [0.15, 0.2) is 0 Å². The number of nitrogens with zero attached hydrogens (tertiary/aromatic N) is 2. The second kappa shape index (κ2) is 5.35. The van der Waals surface area contributed by atoms with Gasteiger partial charge in [-0.3, -0.25) is 9.97 Å². The third kappa shape index (κ3) is 2.27. The Kier molecular flexibility index (Phi) is 3.64. The second-order valence-corrected chi connectivity index (χ2v) is 6.82. The van der Waals surface area contributed by atoms with Crippen LogP contribution >= 0.6 is 0 Å². The summed E-state index contributed by atoms with van der Waals surface area (Å²) in [5.41, 5.74) is 6.98. The van der Waals surface area contributed by atoms with Gasteiger partial charge in [0.1, 0.15) is 0 Å². The number of aromatic nitrogens is 2. The number of hydrogen-bond acceptors (Lipinski definition) is 2. The molecular formula is C20H24N2. The Morgan fingerprint density at radius 2 is 1.00 bits per heavy atom. The van der Waals surface area contributed by atoms with Gasteiger partial charge in [0.05, 0.1) is 11.0 Å². The fourth-order valence-corrected chi connectivity index (χ4v) is 2.96. The van der Waals surface area contributed by atoms with Crippen LogP contribution in [0.2, 0.25) is 0 Å². The average Bonchev–Trinajstić information content (AvgIpc) is 2.51. The molecule has 0 bridgehead atoms. The molecule has 3 rings (SSSR count). The van der Waals surface area contributed by atoms with Gasteiger partial charge in [-0.1, -0.05) is 39.8 Å². The molecule has 2 heteroatoms. The Labute approximate surface area is 132 Å².